The van der Waals surface area contributed by atoms with Crippen molar-refractivity contribution in [3.63, 3.8) is 0 Å². The first kappa shape index (κ1) is 17.3. The van der Waals surface area contributed by atoms with Crippen LogP contribution in [0.15, 0.2) is 0 Å². The molecule has 0 heterocycles. The zero-order valence-electron chi connectivity index (χ0n) is 10.2. The molecule has 1 N–H and O–H groups in total. The lowest BCUT2D eigenvalue weighted by molar-refractivity contribution is -0.311. The molecule has 0 saturated carbocycles. The Morgan fingerprint density at radius 3 is 1.47 bits per heavy atom. The van der Waals surface area contributed by atoms with Crippen molar-refractivity contribution >= 4 is 17.9 Å². The average Bonchev–Trinajstić information content (AvgIpc) is 2.23. The van der Waals surface area contributed by atoms with E-state index in [4.69, 9.17) is 5.11 Å². The molecule has 0 spiro atoms. The van der Waals surface area contributed by atoms with Crippen LogP contribution in [-0.2, 0) is 14.4 Å². The van der Waals surface area contributed by atoms with E-state index in [1.54, 1.807) is 0 Å². The van der Waals surface area contributed by atoms with Crippen LogP contribution < -0.4 is 15.3 Å². The number of aliphatic hydroxyl groups excluding tert-OH is 1. The molecule has 0 aromatic heterocycles. The van der Waals surface area contributed by atoms with E-state index in [-0.39, 0.29) is 26.2 Å². The fourth-order valence-corrected chi connectivity index (χ4v) is 1.46. The molecular formula is C10H15N2O7-3. The molecule has 110 valence electrons. The highest BCUT2D eigenvalue weighted by Crippen LogP contribution is 1.92. The van der Waals surface area contributed by atoms with Gasteiger partial charge >= 0.3 is 0 Å². The number of aliphatic carboxylic acids is 3. The minimum absolute atomic E-state index is 0.0186. The highest BCUT2D eigenvalue weighted by molar-refractivity contribution is 5.70. The number of carboxylic acid groups (broad SMARTS) is 3. The minimum atomic E-state index is -1.45. The van der Waals surface area contributed by atoms with Gasteiger partial charge in [0.05, 0.1) is 24.5 Å². The van der Waals surface area contributed by atoms with Crippen LogP contribution in [0.25, 0.3) is 0 Å². The van der Waals surface area contributed by atoms with Gasteiger partial charge in [0, 0.05) is 39.3 Å². The van der Waals surface area contributed by atoms with Crippen molar-refractivity contribution in [1.82, 2.24) is 9.80 Å². The Morgan fingerprint density at radius 2 is 1.11 bits per heavy atom. The topological polar surface area (TPSA) is 147 Å². The van der Waals surface area contributed by atoms with E-state index in [0.717, 1.165) is 4.90 Å². The predicted molar refractivity (Wildman–Crippen MR) is 55.0 cm³/mol. The Bertz CT molecular complexity index is 305. The zero-order valence-corrected chi connectivity index (χ0v) is 10.2. The molecule has 0 aliphatic heterocycles. The summed E-state index contributed by atoms with van der Waals surface area (Å²) < 4.78 is 0. The second kappa shape index (κ2) is 9.25. The lowest BCUT2D eigenvalue weighted by atomic mass is 10.4. The lowest BCUT2D eigenvalue weighted by Crippen LogP contribution is -2.48. The van der Waals surface area contributed by atoms with Crippen molar-refractivity contribution in [2.75, 3.05) is 45.9 Å². The standard InChI is InChI=1S/C10H18N2O7/c13-4-3-11(5-8(14)15)1-2-12(6-9(16)17)7-10(18)19/h13H,1-7H2,(H,14,15)(H,16,17)(H,18,19)/p-3. The van der Waals surface area contributed by atoms with Gasteiger partial charge in [0.25, 0.3) is 0 Å². The van der Waals surface area contributed by atoms with Gasteiger partial charge in [0.2, 0.25) is 0 Å². The van der Waals surface area contributed by atoms with Crippen molar-refractivity contribution in [2.24, 2.45) is 0 Å². The number of hydrogen-bond donors (Lipinski definition) is 1. The van der Waals surface area contributed by atoms with Gasteiger partial charge in [-0.05, 0) is 0 Å². The van der Waals surface area contributed by atoms with Gasteiger partial charge in [-0.1, -0.05) is 0 Å². The zero-order chi connectivity index (χ0) is 14.8. The molecule has 0 fully saturated rings. The van der Waals surface area contributed by atoms with Gasteiger partial charge < -0.3 is 34.8 Å². The Kier molecular flexibility index (Phi) is 8.42. The normalized spacial score (nSPS) is 10.9. The van der Waals surface area contributed by atoms with Crippen LogP contribution in [-0.4, -0.2) is 78.7 Å². The first-order chi connectivity index (χ1) is 8.85. The van der Waals surface area contributed by atoms with Gasteiger partial charge in [-0.15, -0.1) is 0 Å². The summed E-state index contributed by atoms with van der Waals surface area (Å²) in [5.41, 5.74) is 0. The Labute approximate surface area is 109 Å². The molecule has 0 aliphatic carbocycles. The average molecular weight is 275 g/mol. The summed E-state index contributed by atoms with van der Waals surface area (Å²) in [7, 11) is 0. The smallest absolute Gasteiger partial charge is 0.0558 e. The van der Waals surface area contributed by atoms with Crippen LogP contribution in [0.2, 0.25) is 0 Å². The number of carbonyl (C=O) groups excluding carboxylic acids is 3. The van der Waals surface area contributed by atoms with E-state index in [0.29, 0.717) is 0 Å². The predicted octanol–water partition coefficient (Wildman–Crippen LogP) is -6.17. The third-order valence-corrected chi connectivity index (χ3v) is 2.21. The molecule has 0 unspecified atom stereocenters. The first-order valence-electron chi connectivity index (χ1n) is 5.50. The maximum Gasteiger partial charge on any atom is 0.0558 e. The fourth-order valence-electron chi connectivity index (χ4n) is 1.46. The minimum Gasteiger partial charge on any atom is -0.549 e. The number of carbonyl (C=O) groups is 3. The number of nitrogens with zero attached hydrogens (tertiary/aromatic N) is 2. The summed E-state index contributed by atoms with van der Waals surface area (Å²) in [6.07, 6.45) is 0. The highest BCUT2D eigenvalue weighted by atomic mass is 16.4. The molecule has 0 aromatic rings. The van der Waals surface area contributed by atoms with Crippen LogP contribution in [0.3, 0.4) is 0 Å². The molecule has 0 saturated heterocycles. The van der Waals surface area contributed by atoms with Crippen LogP contribution in [0, 0.1) is 0 Å². The van der Waals surface area contributed by atoms with E-state index >= 15 is 0 Å². The largest absolute Gasteiger partial charge is 0.549 e. The summed E-state index contributed by atoms with van der Waals surface area (Å²) in [5, 5.41) is 40.0. The SMILES string of the molecule is O=C([O-])CN(CCO)CCN(CC(=O)[O-])CC(=O)[O-]. The first-order valence-corrected chi connectivity index (χ1v) is 5.50. The Hall–Kier alpha value is -1.71. The van der Waals surface area contributed by atoms with E-state index in [9.17, 15) is 29.7 Å². The molecule has 9 heteroatoms. The molecule has 0 aliphatic rings. The third kappa shape index (κ3) is 9.94. The third-order valence-electron chi connectivity index (χ3n) is 2.21. The number of hydrogen-bond acceptors (Lipinski definition) is 9. The van der Waals surface area contributed by atoms with Gasteiger partial charge in [0.1, 0.15) is 0 Å². The van der Waals surface area contributed by atoms with Crippen molar-refractivity contribution < 1.29 is 34.8 Å². The maximum absolute atomic E-state index is 10.4. The van der Waals surface area contributed by atoms with E-state index < -0.39 is 37.5 Å². The van der Waals surface area contributed by atoms with Gasteiger partial charge in [0.15, 0.2) is 0 Å². The van der Waals surface area contributed by atoms with E-state index in [1.165, 1.54) is 4.90 Å². The molecule has 0 bridgehead atoms. The lowest BCUT2D eigenvalue weighted by Gasteiger charge is -2.28. The number of aliphatic hydroxyl groups is 1. The molecular weight excluding hydrogens is 260 g/mol. The van der Waals surface area contributed by atoms with Gasteiger partial charge in [-0.3, -0.25) is 9.80 Å². The van der Waals surface area contributed by atoms with Crippen molar-refractivity contribution in [3.05, 3.63) is 0 Å². The summed E-state index contributed by atoms with van der Waals surface area (Å²) in [6.45, 7) is -1.83. The second-order valence-corrected chi connectivity index (χ2v) is 3.83. The summed E-state index contributed by atoms with van der Waals surface area (Å²) >= 11 is 0. The molecule has 0 aromatic carbocycles. The number of rotatable bonds is 11. The van der Waals surface area contributed by atoms with Crippen LogP contribution in [0.4, 0.5) is 0 Å². The fraction of sp³-hybridized carbons (Fsp3) is 0.700. The molecule has 0 rings (SSSR count). The van der Waals surface area contributed by atoms with Gasteiger partial charge in [-0.25, -0.2) is 0 Å². The summed E-state index contributed by atoms with van der Waals surface area (Å²) in [6, 6.07) is 0. The van der Waals surface area contributed by atoms with Crippen LogP contribution >= 0.6 is 0 Å². The molecule has 9 nitrogen and oxygen atoms in total. The highest BCUT2D eigenvalue weighted by Gasteiger charge is 2.10. The van der Waals surface area contributed by atoms with E-state index in [1.807, 2.05) is 0 Å². The van der Waals surface area contributed by atoms with Crippen molar-refractivity contribution in [1.29, 1.82) is 0 Å². The monoisotopic (exact) mass is 275 g/mol. The van der Waals surface area contributed by atoms with Crippen molar-refractivity contribution in [3.8, 4) is 0 Å². The van der Waals surface area contributed by atoms with Crippen molar-refractivity contribution in [2.45, 2.75) is 0 Å². The Balaban J connectivity index is 4.34. The molecule has 0 radical (unpaired) electrons. The van der Waals surface area contributed by atoms with Crippen LogP contribution in [0.5, 0.6) is 0 Å². The molecule has 0 amide bonds. The van der Waals surface area contributed by atoms with Gasteiger partial charge in [-0.2, -0.15) is 0 Å². The van der Waals surface area contributed by atoms with Crippen LogP contribution in [0.1, 0.15) is 0 Å². The number of carboxylic acids is 3. The molecule has 0 atom stereocenters. The summed E-state index contributed by atoms with van der Waals surface area (Å²) in [4.78, 5) is 33.6. The quantitative estimate of drug-likeness (QED) is 0.389. The molecule has 19 heavy (non-hydrogen) atoms. The Morgan fingerprint density at radius 1 is 0.737 bits per heavy atom. The summed E-state index contributed by atoms with van der Waals surface area (Å²) in [5.74, 6) is -4.25. The van der Waals surface area contributed by atoms with E-state index in [2.05, 4.69) is 0 Å². The second-order valence-electron chi connectivity index (χ2n) is 3.83. The maximum atomic E-state index is 10.4.